The summed E-state index contributed by atoms with van der Waals surface area (Å²) in [5.74, 6) is 0.891. The fourth-order valence-corrected chi connectivity index (χ4v) is 1.67. The summed E-state index contributed by atoms with van der Waals surface area (Å²) in [6.07, 6.45) is 4.20. The highest BCUT2D eigenvalue weighted by atomic mass is 35.5. The highest BCUT2D eigenvalue weighted by molar-refractivity contribution is 6.30. The molecule has 0 saturated carbocycles. The van der Waals surface area contributed by atoms with Gasteiger partial charge in [-0.05, 0) is 17.7 Å². The number of rotatable bonds is 3. The molecule has 3 N–H and O–H groups in total. The Balaban J connectivity index is 2.11. The van der Waals surface area contributed by atoms with E-state index >= 15 is 0 Å². The third kappa shape index (κ3) is 2.58. The van der Waals surface area contributed by atoms with Gasteiger partial charge in [0.15, 0.2) is 0 Å². The summed E-state index contributed by atoms with van der Waals surface area (Å²) in [7, 11) is 0. The average Bonchev–Trinajstić information content (AvgIpc) is 2.70. The second-order valence-corrected chi connectivity index (χ2v) is 3.84. The van der Waals surface area contributed by atoms with Crippen molar-refractivity contribution < 1.29 is 0 Å². The molecule has 1 atom stereocenters. The van der Waals surface area contributed by atoms with Crippen LogP contribution in [0.2, 0.25) is 5.02 Å². The lowest BCUT2D eigenvalue weighted by atomic mass is 10.0. The predicted octanol–water partition coefficient (Wildman–Crippen LogP) is 2.31. The van der Waals surface area contributed by atoms with Gasteiger partial charge in [-0.3, -0.25) is 0 Å². The van der Waals surface area contributed by atoms with E-state index in [2.05, 4.69) is 9.97 Å². The third-order valence-corrected chi connectivity index (χ3v) is 2.48. The van der Waals surface area contributed by atoms with E-state index in [1.165, 1.54) is 0 Å². The maximum Gasteiger partial charge on any atom is 0.107 e. The Labute approximate surface area is 93.3 Å². The van der Waals surface area contributed by atoms with Gasteiger partial charge < -0.3 is 10.7 Å². The lowest BCUT2D eigenvalue weighted by Gasteiger charge is -2.10. The lowest BCUT2D eigenvalue weighted by Crippen LogP contribution is -2.14. The van der Waals surface area contributed by atoms with Crippen LogP contribution in [0.3, 0.4) is 0 Å². The molecule has 0 amide bonds. The van der Waals surface area contributed by atoms with Crippen molar-refractivity contribution >= 4 is 11.6 Å². The number of imidazole rings is 1. The summed E-state index contributed by atoms with van der Waals surface area (Å²) >= 11 is 5.89. The van der Waals surface area contributed by atoms with E-state index in [4.69, 9.17) is 17.3 Å². The number of benzene rings is 1. The van der Waals surface area contributed by atoms with Crippen LogP contribution in [0.1, 0.15) is 17.4 Å². The Morgan fingerprint density at radius 3 is 3.00 bits per heavy atom. The fraction of sp³-hybridized carbons (Fsp3) is 0.182. The summed E-state index contributed by atoms with van der Waals surface area (Å²) in [4.78, 5) is 7.16. The van der Waals surface area contributed by atoms with Gasteiger partial charge in [0.1, 0.15) is 5.82 Å². The van der Waals surface area contributed by atoms with Crippen molar-refractivity contribution in [1.82, 2.24) is 9.97 Å². The van der Waals surface area contributed by atoms with E-state index in [0.29, 0.717) is 11.4 Å². The zero-order chi connectivity index (χ0) is 10.7. The molecule has 1 unspecified atom stereocenters. The minimum atomic E-state index is -0.0742. The van der Waals surface area contributed by atoms with Gasteiger partial charge in [-0.2, -0.15) is 0 Å². The minimum Gasteiger partial charge on any atom is -0.349 e. The largest absolute Gasteiger partial charge is 0.349 e. The van der Waals surface area contributed by atoms with E-state index < -0.39 is 0 Å². The van der Waals surface area contributed by atoms with Crippen LogP contribution in [0.15, 0.2) is 36.7 Å². The number of nitrogens with one attached hydrogen (secondary N) is 1. The van der Waals surface area contributed by atoms with Crippen molar-refractivity contribution in [1.29, 1.82) is 0 Å². The minimum absolute atomic E-state index is 0.0742. The molecule has 0 aliphatic rings. The van der Waals surface area contributed by atoms with E-state index in [1.807, 2.05) is 24.3 Å². The Hall–Kier alpha value is -1.32. The van der Waals surface area contributed by atoms with Crippen LogP contribution in [0.25, 0.3) is 0 Å². The summed E-state index contributed by atoms with van der Waals surface area (Å²) in [5.41, 5.74) is 7.06. The second kappa shape index (κ2) is 4.47. The van der Waals surface area contributed by atoms with E-state index in [9.17, 15) is 0 Å². The molecule has 0 bridgehead atoms. The van der Waals surface area contributed by atoms with E-state index in [-0.39, 0.29) is 6.04 Å². The van der Waals surface area contributed by atoms with Gasteiger partial charge in [0, 0.05) is 29.9 Å². The Bertz CT molecular complexity index is 425. The molecule has 0 saturated heterocycles. The molecule has 0 aliphatic heterocycles. The maximum atomic E-state index is 6.04. The zero-order valence-electron chi connectivity index (χ0n) is 8.15. The fourth-order valence-electron chi connectivity index (χ4n) is 1.47. The highest BCUT2D eigenvalue weighted by Crippen LogP contribution is 2.18. The Morgan fingerprint density at radius 2 is 2.33 bits per heavy atom. The first-order valence-corrected chi connectivity index (χ1v) is 5.13. The van der Waals surface area contributed by atoms with Crippen molar-refractivity contribution in [2.75, 3.05) is 0 Å². The molecule has 78 valence electrons. The monoisotopic (exact) mass is 221 g/mol. The van der Waals surface area contributed by atoms with Gasteiger partial charge in [-0.25, -0.2) is 4.98 Å². The van der Waals surface area contributed by atoms with Crippen molar-refractivity contribution in [2.45, 2.75) is 12.5 Å². The number of halogens is 1. The number of nitrogens with zero attached hydrogens (tertiary/aromatic N) is 1. The molecule has 4 heteroatoms. The van der Waals surface area contributed by atoms with E-state index in [0.717, 1.165) is 11.4 Å². The summed E-state index contributed by atoms with van der Waals surface area (Å²) in [5, 5.41) is 0.711. The van der Waals surface area contributed by atoms with Crippen molar-refractivity contribution in [3.05, 3.63) is 53.1 Å². The van der Waals surface area contributed by atoms with Crippen molar-refractivity contribution in [2.24, 2.45) is 5.73 Å². The van der Waals surface area contributed by atoms with Crippen LogP contribution in [0, 0.1) is 0 Å². The molecule has 0 spiro atoms. The summed E-state index contributed by atoms with van der Waals surface area (Å²) in [6, 6.07) is 7.52. The highest BCUT2D eigenvalue weighted by Gasteiger charge is 2.08. The Morgan fingerprint density at radius 1 is 1.47 bits per heavy atom. The van der Waals surface area contributed by atoms with Gasteiger partial charge in [0.2, 0.25) is 0 Å². The number of nitrogens with two attached hydrogens (primary N) is 1. The molecule has 1 heterocycles. The number of hydrogen-bond donors (Lipinski definition) is 2. The first-order chi connectivity index (χ1) is 7.25. The molecule has 15 heavy (non-hydrogen) atoms. The SMILES string of the molecule is NC(Cc1ncc[nH]1)c1cccc(Cl)c1. The van der Waals surface area contributed by atoms with Crippen molar-refractivity contribution in [3.63, 3.8) is 0 Å². The van der Waals surface area contributed by atoms with Crippen LogP contribution in [-0.4, -0.2) is 9.97 Å². The van der Waals surface area contributed by atoms with Gasteiger partial charge in [-0.1, -0.05) is 23.7 Å². The molecule has 0 aliphatic carbocycles. The standard InChI is InChI=1S/C11H12ClN3/c12-9-3-1-2-8(6-9)10(13)7-11-14-4-5-15-11/h1-6,10H,7,13H2,(H,14,15). The van der Waals surface area contributed by atoms with Crippen LogP contribution >= 0.6 is 11.6 Å². The quantitative estimate of drug-likeness (QED) is 0.836. The normalized spacial score (nSPS) is 12.7. The van der Waals surface area contributed by atoms with Gasteiger partial charge in [0.25, 0.3) is 0 Å². The third-order valence-electron chi connectivity index (χ3n) is 2.24. The van der Waals surface area contributed by atoms with Crippen molar-refractivity contribution in [3.8, 4) is 0 Å². The molecule has 1 aromatic carbocycles. The van der Waals surface area contributed by atoms with Gasteiger partial charge in [-0.15, -0.1) is 0 Å². The van der Waals surface area contributed by atoms with Crippen LogP contribution in [0.4, 0.5) is 0 Å². The number of aromatic nitrogens is 2. The zero-order valence-corrected chi connectivity index (χ0v) is 8.91. The Kier molecular flexibility index (Phi) is 3.04. The van der Waals surface area contributed by atoms with Crippen LogP contribution in [0.5, 0.6) is 0 Å². The summed E-state index contributed by atoms with van der Waals surface area (Å²) < 4.78 is 0. The predicted molar refractivity (Wildman–Crippen MR) is 60.7 cm³/mol. The summed E-state index contributed by atoms with van der Waals surface area (Å²) in [6.45, 7) is 0. The number of hydrogen-bond acceptors (Lipinski definition) is 2. The number of H-pyrrole nitrogens is 1. The first kappa shape index (κ1) is 10.2. The van der Waals surface area contributed by atoms with E-state index in [1.54, 1.807) is 12.4 Å². The average molecular weight is 222 g/mol. The smallest absolute Gasteiger partial charge is 0.107 e. The molecular weight excluding hydrogens is 210 g/mol. The van der Waals surface area contributed by atoms with Gasteiger partial charge in [0.05, 0.1) is 0 Å². The molecule has 2 aromatic rings. The molecule has 0 fully saturated rings. The molecule has 1 aromatic heterocycles. The first-order valence-electron chi connectivity index (χ1n) is 4.75. The molecule has 0 radical (unpaired) electrons. The topological polar surface area (TPSA) is 54.7 Å². The van der Waals surface area contributed by atoms with Crippen LogP contribution < -0.4 is 5.73 Å². The number of aromatic amines is 1. The molecule has 3 nitrogen and oxygen atoms in total. The lowest BCUT2D eigenvalue weighted by molar-refractivity contribution is 0.694. The van der Waals surface area contributed by atoms with Crippen LogP contribution in [-0.2, 0) is 6.42 Å². The molecular formula is C11H12ClN3. The molecule has 2 rings (SSSR count). The second-order valence-electron chi connectivity index (χ2n) is 3.40. The van der Waals surface area contributed by atoms with Gasteiger partial charge >= 0.3 is 0 Å². The maximum absolute atomic E-state index is 6.04.